The molecule has 4 nitrogen and oxygen atoms in total. The van der Waals surface area contributed by atoms with Crippen molar-refractivity contribution in [2.75, 3.05) is 0 Å². The maximum Gasteiger partial charge on any atom is 0.459 e. The van der Waals surface area contributed by atoms with E-state index in [0.29, 0.717) is 5.92 Å². The number of hydrogen-bond donors (Lipinski definition) is 0. The molecule has 0 aromatic heterocycles. The monoisotopic (exact) mass is 338 g/mol. The van der Waals surface area contributed by atoms with Crippen molar-refractivity contribution in [1.82, 2.24) is 0 Å². The molecule has 2 rings (SSSR count). The van der Waals surface area contributed by atoms with Crippen molar-refractivity contribution in [3.05, 3.63) is 0 Å². The van der Waals surface area contributed by atoms with Gasteiger partial charge in [0.25, 0.3) is 0 Å². The zero-order chi connectivity index (χ0) is 18.6. The van der Waals surface area contributed by atoms with Crippen LogP contribution in [-0.4, -0.2) is 36.6 Å². The average Bonchev–Trinajstić information content (AvgIpc) is 2.74. The van der Waals surface area contributed by atoms with Crippen LogP contribution < -0.4 is 0 Å². The van der Waals surface area contributed by atoms with Gasteiger partial charge in [-0.15, -0.1) is 0 Å². The van der Waals surface area contributed by atoms with E-state index in [0.717, 1.165) is 12.8 Å². The molecule has 2 fully saturated rings. The van der Waals surface area contributed by atoms with Crippen LogP contribution in [0.15, 0.2) is 0 Å². The van der Waals surface area contributed by atoms with Crippen molar-refractivity contribution in [3.8, 4) is 0 Å². The van der Waals surface area contributed by atoms with Crippen LogP contribution >= 0.6 is 0 Å². The SMILES string of the molecule is CCC(CC)C(B1OC(C)(C)C(C)(C)O1)B1OC(C)(C)C(C)(C)O1. The molecule has 6 heteroatoms. The maximum atomic E-state index is 6.38. The van der Waals surface area contributed by atoms with Crippen molar-refractivity contribution in [2.24, 2.45) is 5.92 Å². The van der Waals surface area contributed by atoms with Crippen molar-refractivity contribution in [1.29, 1.82) is 0 Å². The van der Waals surface area contributed by atoms with Crippen LogP contribution in [0.2, 0.25) is 5.72 Å². The van der Waals surface area contributed by atoms with E-state index < -0.39 is 0 Å². The lowest BCUT2D eigenvalue weighted by atomic mass is 9.46. The van der Waals surface area contributed by atoms with Gasteiger partial charge in [0.1, 0.15) is 0 Å². The Balaban J connectivity index is 2.31. The van der Waals surface area contributed by atoms with Crippen molar-refractivity contribution < 1.29 is 18.6 Å². The molecule has 2 aliphatic rings. The smallest absolute Gasteiger partial charge is 0.403 e. The topological polar surface area (TPSA) is 36.9 Å². The average molecular weight is 338 g/mol. The van der Waals surface area contributed by atoms with E-state index in [1.54, 1.807) is 0 Å². The van der Waals surface area contributed by atoms with Crippen LogP contribution in [0.4, 0.5) is 0 Å². The summed E-state index contributed by atoms with van der Waals surface area (Å²) in [7, 11) is -0.621. The Hall–Kier alpha value is -0.0301. The highest BCUT2D eigenvalue weighted by Gasteiger charge is 2.62. The molecule has 0 aliphatic carbocycles. The second-order valence-corrected chi connectivity index (χ2v) is 9.40. The molecule has 0 atom stereocenters. The Bertz CT molecular complexity index is 390. The Labute approximate surface area is 149 Å². The minimum Gasteiger partial charge on any atom is -0.403 e. The summed E-state index contributed by atoms with van der Waals surface area (Å²) in [5, 5.41) is 0. The van der Waals surface area contributed by atoms with Gasteiger partial charge in [-0.05, 0) is 61.3 Å². The molecule has 0 spiro atoms. The summed E-state index contributed by atoms with van der Waals surface area (Å²) in [6.07, 6.45) is 2.10. The molecule has 0 N–H and O–H groups in total. The summed E-state index contributed by atoms with van der Waals surface area (Å²) in [5.41, 5.74) is -1.31. The van der Waals surface area contributed by atoms with Crippen molar-refractivity contribution in [3.63, 3.8) is 0 Å². The van der Waals surface area contributed by atoms with E-state index in [2.05, 4.69) is 69.2 Å². The van der Waals surface area contributed by atoms with E-state index in [1.165, 1.54) is 0 Å². The zero-order valence-electron chi connectivity index (χ0n) is 17.4. The molecule has 2 saturated heterocycles. The predicted octanol–water partition coefficient (Wildman–Crippen LogP) is 4.52. The van der Waals surface area contributed by atoms with Crippen LogP contribution in [0.25, 0.3) is 0 Å². The maximum absolute atomic E-state index is 6.38. The van der Waals surface area contributed by atoms with Crippen LogP contribution in [0.1, 0.15) is 82.1 Å². The summed E-state index contributed by atoms with van der Waals surface area (Å²) in [6, 6.07) is 0. The van der Waals surface area contributed by atoms with Gasteiger partial charge in [0.2, 0.25) is 0 Å². The van der Waals surface area contributed by atoms with Gasteiger partial charge in [-0.1, -0.05) is 26.7 Å². The quantitative estimate of drug-likeness (QED) is 0.691. The predicted molar refractivity (Wildman–Crippen MR) is 100.0 cm³/mol. The molecule has 138 valence electrons. The minimum atomic E-state index is -0.342. The number of rotatable bonds is 5. The molecular weight excluding hydrogens is 302 g/mol. The second kappa shape index (κ2) is 6.29. The highest BCUT2D eigenvalue weighted by atomic mass is 16.7. The molecule has 0 bridgehead atoms. The standard InChI is InChI=1S/C18H36B2O4/c1-11-13(12-2)14(19-21-15(3,4)16(5,6)22-19)20-23-17(7,8)18(9,10)24-20/h13-14H,11-12H2,1-10H3. The van der Waals surface area contributed by atoms with Gasteiger partial charge in [0, 0.05) is 5.72 Å². The third-order valence-corrected chi connectivity index (χ3v) is 6.76. The van der Waals surface area contributed by atoms with Gasteiger partial charge in [-0.3, -0.25) is 0 Å². The molecule has 0 aromatic rings. The van der Waals surface area contributed by atoms with E-state index in [4.69, 9.17) is 18.6 Å². The third-order valence-electron chi connectivity index (χ3n) is 6.76. The summed E-state index contributed by atoms with van der Waals surface area (Å²) < 4.78 is 25.5. The second-order valence-electron chi connectivity index (χ2n) is 9.40. The molecule has 2 heterocycles. The van der Waals surface area contributed by atoms with Gasteiger partial charge >= 0.3 is 14.2 Å². The van der Waals surface area contributed by atoms with Crippen LogP contribution in [0.5, 0.6) is 0 Å². The number of hydrogen-bond acceptors (Lipinski definition) is 4. The third kappa shape index (κ3) is 3.32. The van der Waals surface area contributed by atoms with E-state index in [-0.39, 0.29) is 42.4 Å². The summed E-state index contributed by atoms with van der Waals surface area (Å²) in [5.74, 6) is 0.425. The first-order valence-corrected chi connectivity index (χ1v) is 9.49. The minimum absolute atomic E-state index is 0.0575. The molecule has 24 heavy (non-hydrogen) atoms. The van der Waals surface area contributed by atoms with Crippen LogP contribution in [0.3, 0.4) is 0 Å². The largest absolute Gasteiger partial charge is 0.459 e. The lowest BCUT2D eigenvalue weighted by molar-refractivity contribution is 0.00578. The Kier molecular flexibility index (Phi) is 5.32. The molecule has 2 aliphatic heterocycles. The van der Waals surface area contributed by atoms with E-state index in [9.17, 15) is 0 Å². The summed E-state index contributed by atoms with van der Waals surface area (Å²) in [4.78, 5) is 0. The lowest BCUT2D eigenvalue weighted by Crippen LogP contribution is -2.42. The Morgan fingerprint density at radius 3 is 1.04 bits per heavy atom. The molecule has 0 unspecified atom stereocenters. The molecule has 0 aromatic carbocycles. The van der Waals surface area contributed by atoms with Crippen molar-refractivity contribution >= 4 is 14.2 Å². The van der Waals surface area contributed by atoms with Gasteiger partial charge in [-0.25, -0.2) is 0 Å². The van der Waals surface area contributed by atoms with Gasteiger partial charge in [0.05, 0.1) is 22.4 Å². The fraction of sp³-hybridized carbons (Fsp3) is 1.00. The van der Waals surface area contributed by atoms with Gasteiger partial charge < -0.3 is 18.6 Å². The zero-order valence-corrected chi connectivity index (χ0v) is 17.4. The Morgan fingerprint density at radius 2 is 0.833 bits per heavy atom. The highest BCUT2D eigenvalue weighted by Crippen LogP contribution is 2.48. The van der Waals surface area contributed by atoms with Crippen LogP contribution in [0, 0.1) is 5.92 Å². The molecular formula is C18H36B2O4. The first kappa shape index (κ1) is 20.3. The molecule has 0 radical (unpaired) electrons. The van der Waals surface area contributed by atoms with E-state index in [1.807, 2.05) is 0 Å². The summed E-state index contributed by atoms with van der Waals surface area (Å²) in [6.45, 7) is 21.2. The van der Waals surface area contributed by atoms with Crippen LogP contribution in [-0.2, 0) is 18.6 Å². The fourth-order valence-electron chi connectivity index (χ4n) is 3.50. The lowest BCUT2D eigenvalue weighted by Gasteiger charge is -2.32. The van der Waals surface area contributed by atoms with Crippen molar-refractivity contribution in [2.45, 2.75) is 110 Å². The first-order valence-electron chi connectivity index (χ1n) is 9.49. The van der Waals surface area contributed by atoms with Gasteiger partial charge in [-0.2, -0.15) is 0 Å². The summed E-state index contributed by atoms with van der Waals surface area (Å²) >= 11 is 0. The Morgan fingerprint density at radius 1 is 0.583 bits per heavy atom. The van der Waals surface area contributed by atoms with Gasteiger partial charge in [0.15, 0.2) is 0 Å². The first-order chi connectivity index (χ1) is 10.8. The highest BCUT2D eigenvalue weighted by molar-refractivity contribution is 6.68. The normalized spacial score (nSPS) is 27.5. The molecule has 0 saturated carbocycles. The fourth-order valence-corrected chi connectivity index (χ4v) is 3.50. The molecule has 0 amide bonds. The van der Waals surface area contributed by atoms with E-state index >= 15 is 0 Å².